The van der Waals surface area contributed by atoms with Crippen molar-refractivity contribution in [2.75, 3.05) is 23.4 Å². The Morgan fingerprint density at radius 3 is 2.40 bits per heavy atom. The minimum Gasteiger partial charge on any atom is -0.462 e. The zero-order chi connectivity index (χ0) is 25.3. The highest BCUT2D eigenvalue weighted by Crippen LogP contribution is 2.43. The van der Waals surface area contributed by atoms with Gasteiger partial charge in [-0.15, -0.1) is 22.7 Å². The fraction of sp³-hybridized carbons (Fsp3) is 0.125. The number of nitrogens with two attached hydrogens (primary N) is 2. The molecule has 3 heterocycles. The molecular formula is C24H18N6O3S2. The Morgan fingerprint density at radius 1 is 1.09 bits per heavy atom. The number of thiophene rings is 2. The molecular weight excluding hydrogens is 484 g/mol. The van der Waals surface area contributed by atoms with Gasteiger partial charge in [0.1, 0.15) is 43.1 Å². The number of carbonyl (C=O) groups is 2. The first-order valence-corrected chi connectivity index (χ1v) is 11.9. The number of amides is 1. The summed E-state index contributed by atoms with van der Waals surface area (Å²) < 4.78 is 5.04. The maximum atomic E-state index is 13.3. The van der Waals surface area contributed by atoms with Gasteiger partial charge >= 0.3 is 5.97 Å². The average molecular weight is 503 g/mol. The summed E-state index contributed by atoms with van der Waals surface area (Å²) in [6.45, 7) is 3.48. The fourth-order valence-electron chi connectivity index (χ4n) is 3.63. The molecule has 0 bridgehead atoms. The molecule has 0 radical (unpaired) electrons. The number of aromatic nitrogens is 1. The van der Waals surface area contributed by atoms with Crippen molar-refractivity contribution >= 4 is 61.3 Å². The van der Waals surface area contributed by atoms with Gasteiger partial charge in [-0.1, -0.05) is 30.3 Å². The SMILES string of the molecule is CCOC(=O)c1sc(NC(=O)c2sc3nc(N)c(C#N)c(-c4ccccc4)c3c2N)c(C#N)c1C. The Bertz CT molecular complexity index is 1580. The highest BCUT2D eigenvalue weighted by Gasteiger charge is 2.27. The van der Waals surface area contributed by atoms with E-state index in [0.717, 1.165) is 22.7 Å². The Kier molecular flexibility index (Phi) is 6.38. The predicted molar refractivity (Wildman–Crippen MR) is 136 cm³/mol. The number of nitrogen functional groups attached to an aromatic ring is 2. The number of esters is 1. The van der Waals surface area contributed by atoms with Gasteiger partial charge in [-0.25, -0.2) is 9.78 Å². The predicted octanol–water partition coefficient (Wildman–Crippen LogP) is 4.67. The summed E-state index contributed by atoms with van der Waals surface area (Å²) in [6, 6.07) is 13.2. The molecule has 9 nitrogen and oxygen atoms in total. The molecule has 0 aliphatic heterocycles. The van der Waals surface area contributed by atoms with Crippen molar-refractivity contribution in [3.05, 3.63) is 56.8 Å². The van der Waals surface area contributed by atoms with E-state index < -0.39 is 11.9 Å². The summed E-state index contributed by atoms with van der Waals surface area (Å²) in [5.74, 6) is -1.11. The van der Waals surface area contributed by atoms with Crippen LogP contribution in [0.4, 0.5) is 16.5 Å². The number of nitrogens with one attached hydrogen (secondary N) is 1. The molecule has 0 saturated heterocycles. The van der Waals surface area contributed by atoms with Gasteiger partial charge < -0.3 is 21.5 Å². The van der Waals surface area contributed by atoms with Crippen LogP contribution >= 0.6 is 22.7 Å². The lowest BCUT2D eigenvalue weighted by molar-refractivity contribution is 0.0531. The van der Waals surface area contributed by atoms with Crippen molar-refractivity contribution in [1.82, 2.24) is 4.98 Å². The van der Waals surface area contributed by atoms with Gasteiger partial charge in [0.25, 0.3) is 5.91 Å². The highest BCUT2D eigenvalue weighted by molar-refractivity contribution is 7.22. The van der Waals surface area contributed by atoms with Gasteiger partial charge in [-0.2, -0.15) is 10.5 Å². The van der Waals surface area contributed by atoms with E-state index in [9.17, 15) is 20.1 Å². The zero-order valence-electron chi connectivity index (χ0n) is 18.6. The van der Waals surface area contributed by atoms with Crippen molar-refractivity contribution in [3.63, 3.8) is 0 Å². The van der Waals surface area contributed by atoms with E-state index in [-0.39, 0.29) is 44.0 Å². The van der Waals surface area contributed by atoms with Gasteiger partial charge in [0.15, 0.2) is 0 Å². The Hall–Kier alpha value is -4.45. The number of hydrogen-bond donors (Lipinski definition) is 3. The average Bonchev–Trinajstić information content (AvgIpc) is 3.34. The molecule has 0 spiro atoms. The fourth-order valence-corrected chi connectivity index (χ4v) is 5.69. The number of rotatable bonds is 5. The molecule has 1 aromatic carbocycles. The molecule has 4 rings (SSSR count). The van der Waals surface area contributed by atoms with Gasteiger partial charge in [-0.3, -0.25) is 4.79 Å². The zero-order valence-corrected chi connectivity index (χ0v) is 20.3. The van der Waals surface area contributed by atoms with Crippen molar-refractivity contribution in [2.45, 2.75) is 13.8 Å². The monoisotopic (exact) mass is 502 g/mol. The third kappa shape index (κ3) is 4.04. The second kappa shape index (κ2) is 9.43. The van der Waals surface area contributed by atoms with Crippen LogP contribution in [0.2, 0.25) is 0 Å². The first-order valence-electron chi connectivity index (χ1n) is 10.3. The molecule has 35 heavy (non-hydrogen) atoms. The molecule has 0 aliphatic carbocycles. The Labute approximate surface area is 208 Å². The van der Waals surface area contributed by atoms with Crippen LogP contribution in [0.25, 0.3) is 21.3 Å². The van der Waals surface area contributed by atoms with Crippen LogP contribution in [-0.2, 0) is 4.74 Å². The van der Waals surface area contributed by atoms with Crippen LogP contribution in [0, 0.1) is 29.6 Å². The molecule has 174 valence electrons. The highest BCUT2D eigenvalue weighted by atomic mass is 32.1. The first kappa shape index (κ1) is 23.7. The molecule has 11 heteroatoms. The minimum absolute atomic E-state index is 0.0341. The standard InChI is InChI=1S/C24H18N6O3S2/c1-3-33-24(32)18-11(2)13(9-25)22(34-18)30-21(31)19-17(27)16-15(12-7-5-4-6-8-12)14(10-26)20(28)29-23(16)35-19/h4-8H,3,27H2,1-2H3,(H2,28,29)(H,30,31). The normalized spacial score (nSPS) is 10.5. The summed E-state index contributed by atoms with van der Waals surface area (Å²) in [6.07, 6.45) is 0. The lowest BCUT2D eigenvalue weighted by atomic mass is 9.97. The van der Waals surface area contributed by atoms with E-state index in [1.165, 1.54) is 0 Å². The summed E-state index contributed by atoms with van der Waals surface area (Å²) in [4.78, 5) is 30.6. The molecule has 3 aromatic heterocycles. The molecule has 0 saturated carbocycles. The van der Waals surface area contributed by atoms with Crippen molar-refractivity contribution in [2.24, 2.45) is 0 Å². The first-order chi connectivity index (χ1) is 16.8. The van der Waals surface area contributed by atoms with Crippen LogP contribution in [0.3, 0.4) is 0 Å². The van der Waals surface area contributed by atoms with Crippen LogP contribution in [0.15, 0.2) is 30.3 Å². The summed E-state index contributed by atoms with van der Waals surface area (Å²) in [5, 5.41) is 22.7. The number of carbonyl (C=O) groups excluding carboxylic acids is 2. The van der Waals surface area contributed by atoms with Gasteiger partial charge in [0.2, 0.25) is 0 Å². The Balaban J connectivity index is 1.83. The molecule has 4 aromatic rings. The maximum absolute atomic E-state index is 13.3. The number of anilines is 3. The third-order valence-electron chi connectivity index (χ3n) is 5.23. The Morgan fingerprint density at radius 2 is 1.77 bits per heavy atom. The molecule has 5 N–H and O–H groups in total. The van der Waals surface area contributed by atoms with Gasteiger partial charge in [0.05, 0.1) is 17.9 Å². The van der Waals surface area contributed by atoms with E-state index in [1.807, 2.05) is 36.4 Å². The summed E-state index contributed by atoms with van der Waals surface area (Å²) >= 11 is 1.98. The molecule has 0 atom stereocenters. The van der Waals surface area contributed by atoms with Crippen molar-refractivity contribution in [3.8, 4) is 23.3 Å². The smallest absolute Gasteiger partial charge is 0.348 e. The number of hydrogen-bond acceptors (Lipinski definition) is 10. The van der Waals surface area contributed by atoms with E-state index >= 15 is 0 Å². The largest absolute Gasteiger partial charge is 0.462 e. The third-order valence-corrected chi connectivity index (χ3v) is 7.52. The van der Waals surface area contributed by atoms with Crippen LogP contribution in [0.5, 0.6) is 0 Å². The summed E-state index contributed by atoms with van der Waals surface area (Å²) in [5.41, 5.74) is 14.6. The van der Waals surface area contributed by atoms with Crippen molar-refractivity contribution < 1.29 is 14.3 Å². The quantitative estimate of drug-likeness (QED) is 0.331. The van der Waals surface area contributed by atoms with Crippen LogP contribution in [-0.4, -0.2) is 23.5 Å². The lowest BCUT2D eigenvalue weighted by Gasteiger charge is -2.09. The van der Waals surface area contributed by atoms with Crippen LogP contribution in [0.1, 0.15) is 43.0 Å². The van der Waals surface area contributed by atoms with Gasteiger partial charge in [0, 0.05) is 10.9 Å². The van der Waals surface area contributed by atoms with E-state index in [1.54, 1.807) is 13.8 Å². The second-order valence-electron chi connectivity index (χ2n) is 7.30. The minimum atomic E-state index is -0.574. The van der Waals surface area contributed by atoms with E-state index in [0.29, 0.717) is 26.9 Å². The number of ether oxygens (including phenoxy) is 1. The van der Waals surface area contributed by atoms with Crippen LogP contribution < -0.4 is 16.8 Å². The number of fused-ring (bicyclic) bond motifs is 1. The van der Waals surface area contributed by atoms with E-state index in [4.69, 9.17) is 16.2 Å². The molecule has 1 amide bonds. The number of nitrogens with zero attached hydrogens (tertiary/aromatic N) is 3. The van der Waals surface area contributed by atoms with Gasteiger partial charge in [-0.05, 0) is 25.0 Å². The topological polar surface area (TPSA) is 168 Å². The molecule has 0 fully saturated rings. The maximum Gasteiger partial charge on any atom is 0.348 e. The van der Waals surface area contributed by atoms with Crippen molar-refractivity contribution in [1.29, 1.82) is 10.5 Å². The van der Waals surface area contributed by atoms with E-state index in [2.05, 4.69) is 16.4 Å². The number of pyridine rings is 1. The molecule has 0 aliphatic rings. The second-order valence-corrected chi connectivity index (χ2v) is 9.32. The molecule has 0 unspecified atom stereocenters. The number of nitriles is 2. The number of benzene rings is 1. The summed E-state index contributed by atoms with van der Waals surface area (Å²) in [7, 11) is 0. The lowest BCUT2D eigenvalue weighted by Crippen LogP contribution is -2.12.